The van der Waals surface area contributed by atoms with Crippen LogP contribution in [0, 0.1) is 3.57 Å². The maximum absolute atomic E-state index is 6.09. The number of aromatic nitrogens is 2. The van der Waals surface area contributed by atoms with Crippen molar-refractivity contribution in [1.29, 1.82) is 0 Å². The summed E-state index contributed by atoms with van der Waals surface area (Å²) < 4.78 is 6.25. The molecule has 0 radical (unpaired) electrons. The molecule has 1 aromatic heterocycles. The molecule has 4 nitrogen and oxygen atoms in total. The summed E-state index contributed by atoms with van der Waals surface area (Å²) in [6.07, 6.45) is 0. The Bertz CT molecular complexity index is 773. The van der Waals surface area contributed by atoms with Gasteiger partial charge in [-0.25, -0.2) is 0 Å². The lowest BCUT2D eigenvalue weighted by Gasteiger charge is -1.98. The van der Waals surface area contributed by atoms with Crippen molar-refractivity contribution < 1.29 is 4.52 Å². The van der Waals surface area contributed by atoms with Crippen molar-refractivity contribution in [3.05, 3.63) is 51.1 Å². The van der Waals surface area contributed by atoms with E-state index in [4.69, 9.17) is 21.9 Å². The Hall–Kier alpha value is -1.60. The van der Waals surface area contributed by atoms with Gasteiger partial charge < -0.3 is 10.3 Å². The molecule has 0 saturated carbocycles. The van der Waals surface area contributed by atoms with Gasteiger partial charge in [0.05, 0.1) is 5.02 Å². The van der Waals surface area contributed by atoms with Crippen molar-refractivity contribution in [2.45, 2.75) is 0 Å². The van der Waals surface area contributed by atoms with E-state index in [1.807, 2.05) is 30.3 Å². The molecule has 0 spiro atoms. The number of nitrogen functional groups attached to an aromatic ring is 1. The van der Waals surface area contributed by atoms with Crippen LogP contribution >= 0.6 is 34.2 Å². The second-order valence-corrected chi connectivity index (χ2v) is 5.75. The van der Waals surface area contributed by atoms with Crippen molar-refractivity contribution in [3.8, 4) is 22.8 Å². The molecule has 0 aliphatic rings. The van der Waals surface area contributed by atoms with Gasteiger partial charge in [-0.2, -0.15) is 4.98 Å². The second-order valence-electron chi connectivity index (χ2n) is 4.18. The molecular formula is C14H9ClIN3O. The van der Waals surface area contributed by atoms with Gasteiger partial charge in [0.15, 0.2) is 0 Å². The first-order chi connectivity index (χ1) is 9.63. The fourth-order valence-electron chi connectivity index (χ4n) is 1.76. The van der Waals surface area contributed by atoms with Gasteiger partial charge in [-0.3, -0.25) is 0 Å². The molecule has 0 unspecified atom stereocenters. The average Bonchev–Trinajstić information content (AvgIpc) is 2.92. The first kappa shape index (κ1) is 13.4. The zero-order valence-corrected chi connectivity index (χ0v) is 13.1. The van der Waals surface area contributed by atoms with Crippen LogP contribution < -0.4 is 5.73 Å². The van der Waals surface area contributed by atoms with Crippen LogP contribution in [0.2, 0.25) is 5.02 Å². The van der Waals surface area contributed by atoms with E-state index < -0.39 is 0 Å². The van der Waals surface area contributed by atoms with Crippen LogP contribution in [-0.4, -0.2) is 10.1 Å². The molecule has 0 bridgehead atoms. The smallest absolute Gasteiger partial charge is 0.258 e. The van der Waals surface area contributed by atoms with Crippen molar-refractivity contribution in [2.75, 3.05) is 5.73 Å². The molecule has 0 aliphatic heterocycles. The Morgan fingerprint density at radius 1 is 1.10 bits per heavy atom. The van der Waals surface area contributed by atoms with Crippen molar-refractivity contribution in [2.24, 2.45) is 0 Å². The minimum absolute atomic E-state index is 0.431. The summed E-state index contributed by atoms with van der Waals surface area (Å²) in [6, 6.07) is 12.9. The van der Waals surface area contributed by atoms with Gasteiger partial charge in [-0.15, -0.1) is 0 Å². The third-order valence-corrected chi connectivity index (χ3v) is 4.31. The van der Waals surface area contributed by atoms with Crippen LogP contribution in [0.15, 0.2) is 47.0 Å². The maximum atomic E-state index is 6.09. The van der Waals surface area contributed by atoms with Gasteiger partial charge in [-0.05, 0) is 52.9 Å². The highest BCUT2D eigenvalue weighted by atomic mass is 127. The van der Waals surface area contributed by atoms with E-state index in [1.54, 1.807) is 12.1 Å². The number of nitrogens with two attached hydrogens (primary N) is 1. The van der Waals surface area contributed by atoms with E-state index in [1.165, 1.54) is 0 Å². The molecule has 100 valence electrons. The SMILES string of the molecule is Nc1cccc(-c2noc(-c3ccc(I)c(Cl)c3)n2)c1. The zero-order chi connectivity index (χ0) is 14.1. The number of nitrogens with zero attached hydrogens (tertiary/aromatic N) is 2. The van der Waals surface area contributed by atoms with E-state index in [0.29, 0.717) is 22.4 Å². The standard InChI is InChI=1S/C14H9ClIN3O/c15-11-7-9(4-5-12(11)16)14-18-13(19-20-14)8-2-1-3-10(17)6-8/h1-7H,17H2. The number of anilines is 1. The molecule has 2 N–H and O–H groups in total. The van der Waals surface area contributed by atoms with E-state index in [0.717, 1.165) is 14.7 Å². The Morgan fingerprint density at radius 2 is 1.95 bits per heavy atom. The minimum atomic E-state index is 0.431. The Balaban J connectivity index is 1.99. The number of hydrogen-bond acceptors (Lipinski definition) is 4. The fourth-order valence-corrected chi connectivity index (χ4v) is 2.28. The number of rotatable bonds is 2. The highest BCUT2D eigenvalue weighted by Crippen LogP contribution is 2.27. The van der Waals surface area contributed by atoms with Gasteiger partial charge in [0.1, 0.15) is 0 Å². The summed E-state index contributed by atoms with van der Waals surface area (Å²) in [5, 5.41) is 4.63. The molecule has 6 heteroatoms. The highest BCUT2D eigenvalue weighted by Gasteiger charge is 2.11. The Kier molecular flexibility index (Phi) is 3.62. The molecule has 0 amide bonds. The summed E-state index contributed by atoms with van der Waals surface area (Å²) in [5.41, 5.74) is 8.01. The molecule has 2 aromatic carbocycles. The molecule has 0 aliphatic carbocycles. The lowest BCUT2D eigenvalue weighted by Crippen LogP contribution is -1.86. The molecule has 20 heavy (non-hydrogen) atoms. The van der Waals surface area contributed by atoms with Gasteiger partial charge in [-0.1, -0.05) is 28.9 Å². The van der Waals surface area contributed by atoms with Gasteiger partial charge >= 0.3 is 0 Å². The molecule has 3 rings (SSSR count). The number of benzene rings is 2. The van der Waals surface area contributed by atoms with E-state index in [9.17, 15) is 0 Å². The summed E-state index contributed by atoms with van der Waals surface area (Å²) >= 11 is 8.26. The van der Waals surface area contributed by atoms with Crippen LogP contribution in [0.1, 0.15) is 0 Å². The topological polar surface area (TPSA) is 64.9 Å². The molecular weight excluding hydrogens is 389 g/mol. The molecule has 0 fully saturated rings. The zero-order valence-electron chi connectivity index (χ0n) is 10.2. The van der Waals surface area contributed by atoms with Crippen LogP contribution in [0.4, 0.5) is 5.69 Å². The Morgan fingerprint density at radius 3 is 2.70 bits per heavy atom. The van der Waals surface area contributed by atoms with Crippen LogP contribution in [-0.2, 0) is 0 Å². The predicted molar refractivity (Wildman–Crippen MR) is 87.3 cm³/mol. The predicted octanol–water partition coefficient (Wildman–Crippen LogP) is 4.24. The molecule has 3 aromatic rings. The highest BCUT2D eigenvalue weighted by molar-refractivity contribution is 14.1. The lowest BCUT2D eigenvalue weighted by molar-refractivity contribution is 0.432. The Labute approximate surface area is 134 Å². The summed E-state index contributed by atoms with van der Waals surface area (Å²) in [7, 11) is 0. The normalized spacial score (nSPS) is 10.7. The maximum Gasteiger partial charge on any atom is 0.258 e. The number of halogens is 2. The second kappa shape index (κ2) is 5.41. The summed E-state index contributed by atoms with van der Waals surface area (Å²) in [6.45, 7) is 0. The fraction of sp³-hybridized carbons (Fsp3) is 0. The van der Waals surface area contributed by atoms with E-state index >= 15 is 0 Å². The van der Waals surface area contributed by atoms with E-state index in [2.05, 4.69) is 32.7 Å². The quantitative estimate of drug-likeness (QED) is 0.519. The van der Waals surface area contributed by atoms with Crippen molar-refractivity contribution in [3.63, 3.8) is 0 Å². The first-order valence-corrected chi connectivity index (χ1v) is 7.24. The van der Waals surface area contributed by atoms with Crippen molar-refractivity contribution in [1.82, 2.24) is 10.1 Å². The monoisotopic (exact) mass is 397 g/mol. The van der Waals surface area contributed by atoms with Gasteiger partial charge in [0, 0.05) is 20.4 Å². The van der Waals surface area contributed by atoms with Crippen LogP contribution in [0.5, 0.6) is 0 Å². The lowest BCUT2D eigenvalue weighted by atomic mass is 10.2. The molecule has 1 heterocycles. The molecule has 0 atom stereocenters. The summed E-state index contributed by atoms with van der Waals surface area (Å²) in [5.74, 6) is 0.933. The van der Waals surface area contributed by atoms with Crippen LogP contribution in [0.3, 0.4) is 0 Å². The van der Waals surface area contributed by atoms with Gasteiger partial charge in [0.25, 0.3) is 5.89 Å². The van der Waals surface area contributed by atoms with E-state index in [-0.39, 0.29) is 0 Å². The van der Waals surface area contributed by atoms with Crippen molar-refractivity contribution >= 4 is 39.9 Å². The van der Waals surface area contributed by atoms with Crippen LogP contribution in [0.25, 0.3) is 22.8 Å². The van der Waals surface area contributed by atoms with Gasteiger partial charge in [0.2, 0.25) is 5.82 Å². The third kappa shape index (κ3) is 2.64. The largest absolute Gasteiger partial charge is 0.399 e. The minimum Gasteiger partial charge on any atom is -0.399 e. The molecule has 0 saturated heterocycles. The average molecular weight is 398 g/mol. The first-order valence-electron chi connectivity index (χ1n) is 5.78. The summed E-state index contributed by atoms with van der Waals surface area (Å²) in [4.78, 5) is 4.37. The third-order valence-electron chi connectivity index (χ3n) is 2.74. The number of hydrogen-bond donors (Lipinski definition) is 1.